The van der Waals surface area contributed by atoms with Gasteiger partial charge in [-0.15, -0.1) is 0 Å². The van der Waals surface area contributed by atoms with E-state index in [-0.39, 0.29) is 0 Å². The Morgan fingerprint density at radius 2 is 0.961 bits per heavy atom. The third-order valence-electron chi connectivity index (χ3n) is 18.3. The first-order valence-corrected chi connectivity index (χ1v) is 22.8. The molecule has 8 fully saturated rings. The van der Waals surface area contributed by atoms with E-state index in [1.165, 1.54) is 145 Å². The monoisotopic (exact) mass is 684 g/mol. The van der Waals surface area contributed by atoms with Gasteiger partial charge in [0.15, 0.2) is 13.4 Å². The van der Waals surface area contributed by atoms with Crippen molar-refractivity contribution in [3.63, 3.8) is 0 Å². The Kier molecular flexibility index (Phi) is 6.65. The highest BCUT2D eigenvalue weighted by Gasteiger charge is 2.54. The molecule has 1 heterocycles. The van der Waals surface area contributed by atoms with Crippen LogP contribution in [0.15, 0.2) is 70.5 Å². The van der Waals surface area contributed by atoms with Crippen molar-refractivity contribution < 1.29 is 0 Å². The molecule has 0 saturated heterocycles. The summed E-state index contributed by atoms with van der Waals surface area (Å²) in [4.78, 5) is 3.03. The van der Waals surface area contributed by atoms with E-state index in [2.05, 4.69) is 72.4 Å². The van der Waals surface area contributed by atoms with Gasteiger partial charge in [-0.05, 0) is 112 Å². The first kappa shape index (κ1) is 30.2. The molecule has 258 valence electrons. The van der Waals surface area contributed by atoms with Crippen molar-refractivity contribution in [2.24, 2.45) is 47.3 Å². The Morgan fingerprint density at radius 3 is 1.47 bits per heavy atom. The first-order valence-electron chi connectivity index (χ1n) is 22.0. The van der Waals surface area contributed by atoms with E-state index in [0.29, 0.717) is 0 Å². The summed E-state index contributed by atoms with van der Waals surface area (Å²) < 4.78 is 0. The first-order chi connectivity index (χ1) is 25.2. The SMILES string of the molecule is c1cc2c3c(cc4ccc(B(C5CC6CCC5C6)C5CC6CCC5C6)cc4c3c1)-c1ccc(B(C3CC4CCC3C4)C3CC4CCC3C4)cc1S2. The maximum absolute atomic E-state index is 2.74. The van der Waals surface area contributed by atoms with Crippen LogP contribution in [-0.4, -0.2) is 13.4 Å². The molecule has 0 N–H and O–H groups in total. The van der Waals surface area contributed by atoms with Crippen LogP contribution in [0.5, 0.6) is 0 Å². The Bertz CT molecular complexity index is 2030. The molecule has 0 spiro atoms. The van der Waals surface area contributed by atoms with Gasteiger partial charge in [0.2, 0.25) is 0 Å². The van der Waals surface area contributed by atoms with Crippen molar-refractivity contribution in [3.8, 4) is 11.1 Å². The maximum Gasteiger partial charge on any atom is 0.182 e. The van der Waals surface area contributed by atoms with E-state index in [1.807, 2.05) is 0 Å². The molecule has 4 aromatic rings. The van der Waals surface area contributed by atoms with E-state index in [0.717, 1.165) is 84.0 Å². The number of rotatable bonds is 6. The Labute approximate surface area is 311 Å². The summed E-state index contributed by atoms with van der Waals surface area (Å²) in [5.41, 5.74) is 6.42. The zero-order valence-electron chi connectivity index (χ0n) is 30.6. The summed E-state index contributed by atoms with van der Waals surface area (Å²) in [6.45, 7) is 1.59. The smallest absolute Gasteiger partial charge is 0.0888 e. The number of fused-ring (bicyclic) bond motifs is 12. The van der Waals surface area contributed by atoms with Crippen molar-refractivity contribution in [1.29, 1.82) is 0 Å². The van der Waals surface area contributed by atoms with Gasteiger partial charge in [0.05, 0.1) is 0 Å². The van der Waals surface area contributed by atoms with Crippen molar-refractivity contribution in [2.75, 3.05) is 0 Å². The summed E-state index contributed by atoms with van der Waals surface area (Å²) in [5.74, 6) is 11.9. The summed E-state index contributed by atoms with van der Waals surface area (Å²) >= 11 is 2.10. The predicted molar refractivity (Wildman–Crippen MR) is 219 cm³/mol. The third-order valence-corrected chi connectivity index (χ3v) is 19.4. The largest absolute Gasteiger partial charge is 0.182 e. The topological polar surface area (TPSA) is 0 Å². The number of hydrogen-bond donors (Lipinski definition) is 0. The second-order valence-electron chi connectivity index (χ2n) is 20.3. The summed E-state index contributed by atoms with van der Waals surface area (Å²) in [6.07, 6.45) is 24.4. The van der Waals surface area contributed by atoms with Crippen molar-refractivity contribution in [3.05, 3.63) is 60.7 Å². The average molecular weight is 685 g/mol. The van der Waals surface area contributed by atoms with Gasteiger partial charge < -0.3 is 0 Å². The normalized spacial score (nSPS) is 39.2. The summed E-state index contributed by atoms with van der Waals surface area (Å²) in [5, 5.41) is 6.02. The van der Waals surface area contributed by atoms with Crippen LogP contribution in [0.4, 0.5) is 0 Å². The Balaban J connectivity index is 0.909. The maximum atomic E-state index is 2.74. The van der Waals surface area contributed by atoms with Crippen molar-refractivity contribution in [1.82, 2.24) is 0 Å². The highest BCUT2D eigenvalue weighted by Crippen LogP contribution is 2.62. The van der Waals surface area contributed by atoms with E-state index in [4.69, 9.17) is 0 Å². The van der Waals surface area contributed by atoms with Crippen LogP contribution in [0.3, 0.4) is 0 Å². The molecule has 12 atom stereocenters. The molecule has 3 heteroatoms. The van der Waals surface area contributed by atoms with Crippen LogP contribution in [0, 0.1) is 47.3 Å². The lowest BCUT2D eigenvalue weighted by Crippen LogP contribution is -2.43. The summed E-state index contributed by atoms with van der Waals surface area (Å²) in [6, 6.07) is 25.8. The van der Waals surface area contributed by atoms with Crippen LogP contribution in [-0.2, 0) is 0 Å². The van der Waals surface area contributed by atoms with Gasteiger partial charge in [0.25, 0.3) is 0 Å². The minimum Gasteiger partial charge on any atom is -0.0888 e. The predicted octanol–water partition coefficient (Wildman–Crippen LogP) is 12.3. The van der Waals surface area contributed by atoms with Crippen molar-refractivity contribution >= 4 is 57.7 Å². The van der Waals surface area contributed by atoms with Crippen molar-refractivity contribution in [2.45, 2.75) is 136 Å². The Morgan fingerprint density at radius 1 is 0.431 bits per heavy atom. The minimum absolute atomic E-state index is 0.789. The molecule has 51 heavy (non-hydrogen) atoms. The van der Waals surface area contributed by atoms with E-state index >= 15 is 0 Å². The van der Waals surface area contributed by atoms with Gasteiger partial charge >= 0.3 is 0 Å². The van der Waals surface area contributed by atoms with Crippen LogP contribution >= 0.6 is 11.8 Å². The lowest BCUT2D eigenvalue weighted by atomic mass is 9.27. The summed E-state index contributed by atoms with van der Waals surface area (Å²) in [7, 11) is 0. The van der Waals surface area contributed by atoms with Gasteiger partial charge in [-0.2, -0.15) is 0 Å². The fourth-order valence-electron chi connectivity index (χ4n) is 16.4. The molecule has 12 unspecified atom stereocenters. The second kappa shape index (κ2) is 11.2. The van der Waals surface area contributed by atoms with Gasteiger partial charge in [-0.3, -0.25) is 0 Å². The van der Waals surface area contributed by atoms with Crippen LogP contribution in [0.2, 0.25) is 23.3 Å². The lowest BCUT2D eigenvalue weighted by Gasteiger charge is -2.37. The zero-order valence-corrected chi connectivity index (χ0v) is 31.4. The molecule has 8 saturated carbocycles. The molecule has 0 nitrogen and oxygen atoms in total. The zero-order chi connectivity index (χ0) is 32.9. The van der Waals surface area contributed by atoms with Crippen LogP contribution in [0.25, 0.3) is 32.7 Å². The Hall–Kier alpha value is -2.12. The van der Waals surface area contributed by atoms with Gasteiger partial charge in [-0.1, -0.05) is 172 Å². The van der Waals surface area contributed by atoms with E-state index < -0.39 is 0 Å². The quantitative estimate of drug-likeness (QED) is 0.127. The van der Waals surface area contributed by atoms with E-state index in [9.17, 15) is 0 Å². The van der Waals surface area contributed by atoms with Gasteiger partial charge in [0.1, 0.15) is 0 Å². The molecule has 8 aliphatic carbocycles. The molecular formula is C48H54B2S. The highest BCUT2D eigenvalue weighted by molar-refractivity contribution is 7.99. The minimum atomic E-state index is 0.789. The highest BCUT2D eigenvalue weighted by atomic mass is 32.2. The fraction of sp³-hybridized carbons (Fsp3) is 0.583. The fourth-order valence-corrected chi connectivity index (χ4v) is 17.6. The van der Waals surface area contributed by atoms with Crippen LogP contribution in [0.1, 0.15) is 103 Å². The van der Waals surface area contributed by atoms with E-state index in [1.54, 1.807) is 10.9 Å². The van der Waals surface area contributed by atoms with Crippen LogP contribution < -0.4 is 10.9 Å². The molecule has 4 aromatic carbocycles. The molecule has 0 aromatic heterocycles. The number of benzene rings is 4. The van der Waals surface area contributed by atoms with Gasteiger partial charge in [-0.25, -0.2) is 0 Å². The molecular weight excluding hydrogens is 630 g/mol. The molecule has 8 bridgehead atoms. The lowest BCUT2D eigenvalue weighted by molar-refractivity contribution is 0.441. The second-order valence-corrected chi connectivity index (χ2v) is 21.4. The molecule has 1 aliphatic heterocycles. The van der Waals surface area contributed by atoms with Gasteiger partial charge in [0, 0.05) is 15.2 Å². The molecule has 0 amide bonds. The number of hydrogen-bond acceptors (Lipinski definition) is 1. The third kappa shape index (κ3) is 4.49. The molecule has 0 radical (unpaired) electrons. The molecule has 13 rings (SSSR count). The average Bonchev–Trinajstić information content (AvgIpc) is 4.02. The standard InChI is InChI=1S/C48H54B2S/c1-2-39-40-25-36(49(42-20-27-4-8-32(42)16-27)43-21-28-5-9-33(43)17-28)13-12-31(40)24-41-38-15-14-37(26-47(38)51-46(3-1)48(39)41)50(44-22-29-6-10-34(44)18-29)45-23-30-7-11-35(45)19-30/h1-3,12-15,24-30,32-35,42-45H,4-11,16-23H2. The molecule has 9 aliphatic rings.